The van der Waals surface area contributed by atoms with E-state index in [9.17, 15) is 13.6 Å². The summed E-state index contributed by atoms with van der Waals surface area (Å²) in [5.74, 6) is -1.94. The number of hydrogen-bond acceptors (Lipinski definition) is 5. The Morgan fingerprint density at radius 2 is 1.74 bits per heavy atom. The molecule has 1 aromatic heterocycles. The van der Waals surface area contributed by atoms with Crippen molar-refractivity contribution in [3.63, 3.8) is 0 Å². The van der Waals surface area contributed by atoms with Gasteiger partial charge in [0.25, 0.3) is 0 Å². The van der Waals surface area contributed by atoms with Gasteiger partial charge in [-0.25, -0.2) is 4.79 Å². The van der Waals surface area contributed by atoms with Crippen LogP contribution in [0.4, 0.5) is 19.5 Å². The third-order valence-corrected chi connectivity index (χ3v) is 4.54. The smallest absolute Gasteiger partial charge is 0.407 e. The Bertz CT molecular complexity index is 775. The van der Waals surface area contributed by atoms with E-state index in [-0.39, 0.29) is 12.0 Å². The van der Waals surface area contributed by atoms with Crippen molar-refractivity contribution in [3.05, 3.63) is 53.4 Å². The molecule has 9 heteroatoms. The number of carboxylic acid groups (broad SMARTS) is 1. The molecule has 1 aromatic carbocycles. The minimum atomic E-state index is -0.921. The molecule has 0 spiro atoms. The van der Waals surface area contributed by atoms with E-state index in [1.54, 1.807) is 0 Å². The van der Waals surface area contributed by atoms with Crippen molar-refractivity contribution in [3.8, 4) is 0 Å². The van der Waals surface area contributed by atoms with E-state index >= 15 is 0 Å². The predicted molar refractivity (Wildman–Crippen MR) is 95.3 cm³/mol. The van der Waals surface area contributed by atoms with Gasteiger partial charge < -0.3 is 15.3 Å². The monoisotopic (exact) mass is 377 g/mol. The van der Waals surface area contributed by atoms with Crippen molar-refractivity contribution in [2.45, 2.75) is 19.5 Å². The number of rotatable bonds is 5. The molecule has 1 fully saturated rings. The minimum Gasteiger partial charge on any atom is -0.465 e. The zero-order valence-electron chi connectivity index (χ0n) is 14.9. The highest BCUT2D eigenvalue weighted by atomic mass is 19.1. The molecule has 1 aliphatic heterocycles. The highest BCUT2D eigenvalue weighted by Crippen LogP contribution is 2.19. The van der Waals surface area contributed by atoms with Gasteiger partial charge in [0.05, 0.1) is 6.04 Å². The van der Waals surface area contributed by atoms with Crippen LogP contribution in [0.2, 0.25) is 0 Å². The summed E-state index contributed by atoms with van der Waals surface area (Å²) < 4.78 is 26.3. The molecule has 1 aliphatic rings. The lowest BCUT2D eigenvalue weighted by molar-refractivity contribution is 0.103. The Hall–Kier alpha value is -2.81. The van der Waals surface area contributed by atoms with Crippen LogP contribution in [0.15, 0.2) is 30.3 Å². The van der Waals surface area contributed by atoms with Gasteiger partial charge in [-0.3, -0.25) is 4.90 Å². The molecular weight excluding hydrogens is 356 g/mol. The first-order chi connectivity index (χ1) is 12.9. The summed E-state index contributed by atoms with van der Waals surface area (Å²) in [4.78, 5) is 21.6. The molecule has 144 valence electrons. The van der Waals surface area contributed by atoms with Crippen LogP contribution >= 0.6 is 0 Å². The second kappa shape index (κ2) is 8.26. The number of halogens is 2. The minimum absolute atomic E-state index is 0.0969. The lowest BCUT2D eigenvalue weighted by Gasteiger charge is -2.33. The van der Waals surface area contributed by atoms with Crippen LogP contribution < -0.4 is 5.32 Å². The van der Waals surface area contributed by atoms with Crippen molar-refractivity contribution >= 4 is 12.0 Å². The summed E-state index contributed by atoms with van der Waals surface area (Å²) in [7, 11) is 0. The maximum absolute atomic E-state index is 13.2. The Labute approximate surface area is 155 Å². The van der Waals surface area contributed by atoms with E-state index < -0.39 is 18.0 Å². The van der Waals surface area contributed by atoms with Crippen LogP contribution in [0, 0.1) is 11.9 Å². The maximum Gasteiger partial charge on any atom is 0.407 e. The summed E-state index contributed by atoms with van der Waals surface area (Å²) >= 11 is 0. The number of nitrogens with zero attached hydrogens (tertiary/aromatic N) is 4. The summed E-state index contributed by atoms with van der Waals surface area (Å²) in [6, 6.07) is 8.26. The number of benzene rings is 1. The molecule has 1 saturated heterocycles. The number of amides is 1. The first-order valence-corrected chi connectivity index (χ1v) is 8.66. The zero-order chi connectivity index (χ0) is 19.4. The fourth-order valence-electron chi connectivity index (χ4n) is 3.00. The molecule has 0 aliphatic carbocycles. The zero-order valence-corrected chi connectivity index (χ0v) is 14.9. The number of aromatic nitrogens is 2. The molecule has 3 rings (SSSR count). The van der Waals surface area contributed by atoms with E-state index in [1.807, 2.05) is 31.2 Å². The second-order valence-corrected chi connectivity index (χ2v) is 6.49. The summed E-state index contributed by atoms with van der Waals surface area (Å²) in [6.45, 7) is 5.03. The maximum atomic E-state index is 13.2. The van der Waals surface area contributed by atoms with Gasteiger partial charge in [-0.05, 0) is 18.1 Å². The van der Waals surface area contributed by atoms with Gasteiger partial charge in [0.2, 0.25) is 17.8 Å². The molecular formula is C18H21F2N5O2. The van der Waals surface area contributed by atoms with Gasteiger partial charge in [-0.1, -0.05) is 24.3 Å². The van der Waals surface area contributed by atoms with Gasteiger partial charge in [0, 0.05) is 38.8 Å². The van der Waals surface area contributed by atoms with Crippen molar-refractivity contribution in [1.29, 1.82) is 0 Å². The van der Waals surface area contributed by atoms with Crippen molar-refractivity contribution in [1.82, 2.24) is 19.8 Å². The predicted octanol–water partition coefficient (Wildman–Crippen LogP) is 2.72. The second-order valence-electron chi connectivity index (χ2n) is 6.49. The van der Waals surface area contributed by atoms with Crippen LogP contribution in [-0.2, 0) is 6.54 Å². The number of carbonyl (C=O) groups is 1. The topological polar surface area (TPSA) is 81.6 Å². The first-order valence-electron chi connectivity index (χ1n) is 8.66. The lowest BCUT2D eigenvalue weighted by Crippen LogP contribution is -2.47. The molecule has 27 heavy (non-hydrogen) atoms. The average molecular weight is 377 g/mol. The van der Waals surface area contributed by atoms with Gasteiger partial charge in [-0.15, -0.1) is 0 Å². The van der Waals surface area contributed by atoms with Gasteiger partial charge >= 0.3 is 6.09 Å². The van der Waals surface area contributed by atoms with Crippen LogP contribution in [-0.4, -0.2) is 57.1 Å². The van der Waals surface area contributed by atoms with Gasteiger partial charge in [-0.2, -0.15) is 18.7 Å². The van der Waals surface area contributed by atoms with E-state index in [4.69, 9.17) is 5.11 Å². The first kappa shape index (κ1) is 19.0. The summed E-state index contributed by atoms with van der Waals surface area (Å²) in [6.07, 6.45) is -0.873. The van der Waals surface area contributed by atoms with E-state index in [0.29, 0.717) is 32.2 Å². The molecule has 1 atom stereocenters. The van der Waals surface area contributed by atoms with Crippen LogP contribution in [0.25, 0.3) is 0 Å². The van der Waals surface area contributed by atoms with Crippen molar-refractivity contribution in [2.75, 3.05) is 31.5 Å². The van der Waals surface area contributed by atoms with Gasteiger partial charge in [0.15, 0.2) is 0 Å². The standard InChI is InChI=1S/C18H21F2N5O2/c1-12(21-17-22-15(19)10-16(20)23-17)14-4-2-13(3-5-14)11-24-6-8-25(9-7-24)18(26)27/h2-5,10,12H,6-9,11H2,1H3,(H,26,27)(H,21,22,23)/t12-/m0/s1. The van der Waals surface area contributed by atoms with Gasteiger partial charge in [0.1, 0.15) is 0 Å². The third kappa shape index (κ3) is 5.10. The Morgan fingerprint density at radius 3 is 2.30 bits per heavy atom. The lowest BCUT2D eigenvalue weighted by atomic mass is 10.1. The number of hydrogen-bond donors (Lipinski definition) is 2. The van der Waals surface area contributed by atoms with Crippen LogP contribution in [0.3, 0.4) is 0 Å². The highest BCUT2D eigenvalue weighted by molar-refractivity contribution is 5.65. The number of piperazine rings is 1. The fraction of sp³-hybridized carbons (Fsp3) is 0.389. The normalized spacial score (nSPS) is 16.2. The molecule has 0 bridgehead atoms. The molecule has 0 unspecified atom stereocenters. The molecule has 2 heterocycles. The number of anilines is 1. The Balaban J connectivity index is 1.56. The SMILES string of the molecule is C[C@H](Nc1nc(F)cc(F)n1)c1ccc(CN2CCN(C(=O)O)CC2)cc1. The Kier molecular flexibility index (Phi) is 5.80. The quantitative estimate of drug-likeness (QED) is 0.780. The largest absolute Gasteiger partial charge is 0.465 e. The molecule has 2 N–H and O–H groups in total. The highest BCUT2D eigenvalue weighted by Gasteiger charge is 2.20. The van der Waals surface area contributed by atoms with Crippen LogP contribution in [0.5, 0.6) is 0 Å². The number of nitrogens with one attached hydrogen (secondary N) is 1. The molecule has 0 saturated carbocycles. The third-order valence-electron chi connectivity index (χ3n) is 4.54. The van der Waals surface area contributed by atoms with E-state index in [2.05, 4.69) is 20.2 Å². The van der Waals surface area contributed by atoms with Crippen molar-refractivity contribution < 1.29 is 18.7 Å². The van der Waals surface area contributed by atoms with E-state index in [1.165, 1.54) is 4.90 Å². The molecule has 2 aromatic rings. The Morgan fingerprint density at radius 1 is 1.15 bits per heavy atom. The van der Waals surface area contributed by atoms with Crippen molar-refractivity contribution in [2.24, 2.45) is 0 Å². The summed E-state index contributed by atoms with van der Waals surface area (Å²) in [5, 5.41) is 11.9. The summed E-state index contributed by atoms with van der Waals surface area (Å²) in [5.41, 5.74) is 2.05. The molecule has 0 radical (unpaired) electrons. The van der Waals surface area contributed by atoms with Crippen LogP contribution in [0.1, 0.15) is 24.1 Å². The average Bonchev–Trinajstić information content (AvgIpc) is 2.62. The fourth-order valence-corrected chi connectivity index (χ4v) is 3.00. The molecule has 7 nitrogen and oxygen atoms in total. The van der Waals surface area contributed by atoms with E-state index in [0.717, 1.165) is 17.7 Å². The molecule has 1 amide bonds.